The third kappa shape index (κ3) is 3.72. The lowest BCUT2D eigenvalue weighted by atomic mass is 9.95. The number of methoxy groups -OCH3 is 2. The number of aliphatic hydroxyl groups excluding tert-OH is 1. The second-order valence-corrected chi connectivity index (χ2v) is 7.39. The van der Waals surface area contributed by atoms with E-state index in [2.05, 4.69) is 5.16 Å². The molecule has 0 radical (unpaired) electrons. The summed E-state index contributed by atoms with van der Waals surface area (Å²) >= 11 is 0. The average molecular weight is 465 g/mol. The molecular formula is C23H19N3O8. The van der Waals surface area contributed by atoms with E-state index in [1.54, 1.807) is 6.92 Å². The highest BCUT2D eigenvalue weighted by molar-refractivity contribution is 6.51. The van der Waals surface area contributed by atoms with Gasteiger partial charge in [-0.2, -0.15) is 0 Å². The SMILES string of the molecule is COc1ccc(/C(O)=C2\C(=O)C(=O)N(c3cc(C)on3)[C@@H]2c2cccc([N+](=O)[O-])c2)cc1OC. The van der Waals surface area contributed by atoms with Crippen LogP contribution in [0.4, 0.5) is 11.5 Å². The Bertz CT molecular complexity index is 1340. The molecule has 0 bridgehead atoms. The number of ketones is 1. The van der Waals surface area contributed by atoms with Crippen molar-refractivity contribution in [3.8, 4) is 11.5 Å². The second-order valence-electron chi connectivity index (χ2n) is 7.39. The van der Waals surface area contributed by atoms with Gasteiger partial charge in [-0.3, -0.25) is 24.6 Å². The number of nitrogens with zero attached hydrogens (tertiary/aromatic N) is 3. The molecule has 11 heteroatoms. The van der Waals surface area contributed by atoms with E-state index in [9.17, 15) is 24.8 Å². The van der Waals surface area contributed by atoms with Gasteiger partial charge in [0.15, 0.2) is 17.3 Å². The van der Waals surface area contributed by atoms with Crippen molar-refractivity contribution >= 4 is 29.0 Å². The van der Waals surface area contributed by atoms with Gasteiger partial charge in [-0.05, 0) is 30.7 Å². The van der Waals surface area contributed by atoms with Crippen molar-refractivity contribution in [1.82, 2.24) is 5.16 Å². The Labute approximate surface area is 192 Å². The molecule has 0 spiro atoms. The van der Waals surface area contributed by atoms with Gasteiger partial charge in [0.05, 0.1) is 30.8 Å². The Morgan fingerprint density at radius 3 is 2.47 bits per heavy atom. The first-order chi connectivity index (χ1) is 16.3. The number of ether oxygens (including phenoxy) is 2. The van der Waals surface area contributed by atoms with Gasteiger partial charge in [-0.1, -0.05) is 17.3 Å². The van der Waals surface area contributed by atoms with Crippen molar-refractivity contribution in [2.24, 2.45) is 0 Å². The molecular weight excluding hydrogens is 446 g/mol. The van der Waals surface area contributed by atoms with Gasteiger partial charge in [0, 0.05) is 23.8 Å². The number of nitro groups is 1. The van der Waals surface area contributed by atoms with Gasteiger partial charge in [0.25, 0.3) is 11.5 Å². The summed E-state index contributed by atoms with van der Waals surface area (Å²) in [7, 11) is 2.86. The Morgan fingerprint density at radius 2 is 1.85 bits per heavy atom. The molecule has 3 aromatic rings. The summed E-state index contributed by atoms with van der Waals surface area (Å²) in [5, 5.41) is 26.4. The van der Waals surface area contributed by atoms with Crippen LogP contribution in [0.15, 0.2) is 58.6 Å². The lowest BCUT2D eigenvalue weighted by Gasteiger charge is -2.22. The predicted molar refractivity (Wildman–Crippen MR) is 119 cm³/mol. The van der Waals surface area contributed by atoms with Gasteiger partial charge in [0.2, 0.25) is 0 Å². The zero-order valence-electron chi connectivity index (χ0n) is 18.3. The summed E-state index contributed by atoms with van der Waals surface area (Å²) in [6.07, 6.45) is 0. The molecule has 1 N–H and O–H groups in total. The number of Topliss-reactive ketones (excluding diaryl/α,β-unsaturated/α-hetero) is 1. The summed E-state index contributed by atoms with van der Waals surface area (Å²) in [4.78, 5) is 38.0. The molecule has 0 aliphatic carbocycles. The van der Waals surface area contributed by atoms with Crippen molar-refractivity contribution in [3.63, 3.8) is 0 Å². The maximum absolute atomic E-state index is 13.1. The molecule has 2 heterocycles. The molecule has 174 valence electrons. The zero-order valence-corrected chi connectivity index (χ0v) is 18.3. The summed E-state index contributed by atoms with van der Waals surface area (Å²) in [5.74, 6) is -1.33. The second kappa shape index (κ2) is 8.70. The van der Waals surface area contributed by atoms with Crippen molar-refractivity contribution in [2.45, 2.75) is 13.0 Å². The number of anilines is 1. The van der Waals surface area contributed by atoms with E-state index in [1.165, 1.54) is 62.8 Å². The van der Waals surface area contributed by atoms with Crippen LogP contribution in [0.5, 0.6) is 11.5 Å². The highest BCUT2D eigenvalue weighted by atomic mass is 16.6. The molecule has 1 atom stereocenters. The quantitative estimate of drug-likeness (QED) is 0.190. The van der Waals surface area contributed by atoms with Crippen LogP contribution in [-0.2, 0) is 9.59 Å². The van der Waals surface area contributed by atoms with Crippen LogP contribution in [0.2, 0.25) is 0 Å². The van der Waals surface area contributed by atoms with Crippen molar-refractivity contribution < 1.29 is 33.6 Å². The normalized spacial score (nSPS) is 17.1. The van der Waals surface area contributed by atoms with E-state index >= 15 is 0 Å². The Balaban J connectivity index is 1.96. The van der Waals surface area contributed by atoms with Crippen LogP contribution in [-0.4, -0.2) is 41.1 Å². The lowest BCUT2D eigenvalue weighted by molar-refractivity contribution is -0.384. The number of aliphatic hydroxyl groups is 1. The van der Waals surface area contributed by atoms with Crippen molar-refractivity contribution in [2.75, 3.05) is 19.1 Å². The Kier molecular flexibility index (Phi) is 5.76. The molecule has 11 nitrogen and oxygen atoms in total. The number of hydrogen-bond acceptors (Lipinski definition) is 9. The van der Waals surface area contributed by atoms with Crippen LogP contribution in [0.25, 0.3) is 5.76 Å². The van der Waals surface area contributed by atoms with E-state index in [4.69, 9.17) is 14.0 Å². The van der Waals surface area contributed by atoms with Crippen LogP contribution < -0.4 is 14.4 Å². The maximum Gasteiger partial charge on any atom is 0.301 e. The van der Waals surface area contributed by atoms with E-state index < -0.39 is 28.4 Å². The Morgan fingerprint density at radius 1 is 1.12 bits per heavy atom. The molecule has 4 rings (SSSR count). The van der Waals surface area contributed by atoms with E-state index in [0.717, 1.165) is 4.90 Å². The molecule has 1 saturated heterocycles. The van der Waals surface area contributed by atoms with Crippen molar-refractivity contribution in [3.05, 3.63) is 81.1 Å². The number of non-ortho nitro benzene ring substituents is 1. The van der Waals surface area contributed by atoms with Crippen LogP contribution in [0.3, 0.4) is 0 Å². The first-order valence-corrected chi connectivity index (χ1v) is 9.98. The van der Waals surface area contributed by atoms with Crippen LogP contribution >= 0.6 is 0 Å². The highest BCUT2D eigenvalue weighted by Crippen LogP contribution is 2.43. The zero-order chi connectivity index (χ0) is 24.6. The highest BCUT2D eigenvalue weighted by Gasteiger charge is 2.48. The van der Waals surface area contributed by atoms with Crippen LogP contribution in [0.1, 0.15) is 22.9 Å². The summed E-state index contributed by atoms with van der Waals surface area (Å²) < 4.78 is 15.5. The molecule has 1 amide bonds. The number of carbonyl (C=O) groups excluding carboxylic acids is 2. The molecule has 0 saturated carbocycles. The van der Waals surface area contributed by atoms with Gasteiger partial charge in [0.1, 0.15) is 11.5 Å². The molecule has 1 fully saturated rings. The number of amides is 1. The minimum absolute atomic E-state index is 0.0301. The Hall–Kier alpha value is -4.67. The van der Waals surface area contributed by atoms with Gasteiger partial charge in [-0.25, -0.2) is 0 Å². The standard InChI is InChI=1S/C23H19N3O8/c1-12-9-18(24-34-12)25-20(13-5-4-6-15(10-13)26(30)31)19(22(28)23(25)29)21(27)14-7-8-16(32-2)17(11-14)33-3/h4-11,20,27H,1-3H3/b21-19+/t20-/m1/s1. The molecule has 1 aliphatic rings. The molecule has 34 heavy (non-hydrogen) atoms. The number of hydrogen-bond donors (Lipinski definition) is 1. The number of carbonyl (C=O) groups is 2. The third-order valence-electron chi connectivity index (χ3n) is 5.36. The fourth-order valence-corrected chi connectivity index (χ4v) is 3.80. The third-order valence-corrected chi connectivity index (χ3v) is 5.36. The summed E-state index contributed by atoms with van der Waals surface area (Å²) in [6.45, 7) is 1.61. The van der Waals surface area contributed by atoms with Gasteiger partial charge >= 0.3 is 5.91 Å². The molecule has 0 unspecified atom stereocenters. The average Bonchev–Trinajstić information content (AvgIpc) is 3.38. The lowest BCUT2D eigenvalue weighted by Crippen LogP contribution is -2.29. The molecule has 1 aromatic heterocycles. The first-order valence-electron chi connectivity index (χ1n) is 9.98. The summed E-state index contributed by atoms with van der Waals surface area (Å²) in [5.41, 5.74) is -0.0950. The van der Waals surface area contributed by atoms with E-state index in [-0.39, 0.29) is 28.2 Å². The van der Waals surface area contributed by atoms with E-state index in [1.807, 2.05) is 0 Å². The fraction of sp³-hybridized carbons (Fsp3) is 0.174. The maximum atomic E-state index is 13.1. The number of aryl methyl sites for hydroxylation is 1. The number of aromatic nitrogens is 1. The number of benzene rings is 2. The van der Waals surface area contributed by atoms with Crippen LogP contribution in [0, 0.1) is 17.0 Å². The number of rotatable bonds is 6. The van der Waals surface area contributed by atoms with Gasteiger partial charge < -0.3 is 19.1 Å². The largest absolute Gasteiger partial charge is 0.507 e. The predicted octanol–water partition coefficient (Wildman–Crippen LogP) is 3.53. The first kappa shape index (κ1) is 22.5. The van der Waals surface area contributed by atoms with E-state index in [0.29, 0.717) is 17.3 Å². The number of nitro benzene ring substituents is 1. The molecule has 2 aromatic carbocycles. The topological polar surface area (TPSA) is 145 Å². The monoisotopic (exact) mass is 465 g/mol. The minimum atomic E-state index is -1.20. The molecule has 1 aliphatic heterocycles. The van der Waals surface area contributed by atoms with Crippen molar-refractivity contribution in [1.29, 1.82) is 0 Å². The fourth-order valence-electron chi connectivity index (χ4n) is 3.80. The minimum Gasteiger partial charge on any atom is -0.507 e. The smallest absolute Gasteiger partial charge is 0.301 e. The summed E-state index contributed by atoms with van der Waals surface area (Å²) in [6, 6.07) is 10.2. The van der Waals surface area contributed by atoms with Gasteiger partial charge in [-0.15, -0.1) is 0 Å².